The highest BCUT2D eigenvalue weighted by molar-refractivity contribution is 7.09. The summed E-state index contributed by atoms with van der Waals surface area (Å²) in [7, 11) is 1.32. The Morgan fingerprint density at radius 3 is 2.71 bits per heavy atom. The lowest BCUT2D eigenvalue weighted by molar-refractivity contribution is 0.0594. The Morgan fingerprint density at radius 1 is 1.29 bits per heavy atom. The van der Waals surface area contributed by atoms with Gasteiger partial charge in [-0.15, -0.1) is 11.3 Å². The number of ether oxygens (including phenoxy) is 1. The number of hydrogen-bond acceptors (Lipinski definition) is 5. The molecule has 1 heterocycles. The van der Waals surface area contributed by atoms with Crippen molar-refractivity contribution in [1.29, 1.82) is 0 Å². The van der Waals surface area contributed by atoms with Gasteiger partial charge in [0.25, 0.3) is 0 Å². The Morgan fingerprint density at radius 2 is 2.04 bits per heavy atom. The Bertz CT molecular complexity index is 673. The van der Waals surface area contributed by atoms with Gasteiger partial charge in [-0.1, -0.05) is 37.3 Å². The predicted molar refractivity (Wildman–Crippen MR) is 92.8 cm³/mol. The fourth-order valence-corrected chi connectivity index (χ4v) is 2.93. The molecule has 2 aromatic rings. The Balaban J connectivity index is 1.96. The first-order valence-corrected chi connectivity index (χ1v) is 8.61. The second kappa shape index (κ2) is 9.02. The monoisotopic (exact) mass is 347 g/mol. The average Bonchev–Trinajstić information content (AvgIpc) is 3.08. The van der Waals surface area contributed by atoms with Crippen molar-refractivity contribution in [2.24, 2.45) is 0 Å². The van der Waals surface area contributed by atoms with Crippen LogP contribution in [0.15, 0.2) is 35.7 Å². The molecular weight excluding hydrogens is 326 g/mol. The maximum Gasteiger partial charge on any atom is 0.357 e. The number of methoxy groups -OCH3 is 1. The van der Waals surface area contributed by atoms with Crippen LogP contribution in [0.4, 0.5) is 4.79 Å². The number of urea groups is 1. The smallest absolute Gasteiger partial charge is 0.357 e. The number of nitrogens with zero attached hydrogens (tertiary/aromatic N) is 2. The van der Waals surface area contributed by atoms with E-state index in [2.05, 4.69) is 15.0 Å². The van der Waals surface area contributed by atoms with Gasteiger partial charge in [-0.3, -0.25) is 0 Å². The van der Waals surface area contributed by atoms with Crippen LogP contribution in [0.5, 0.6) is 0 Å². The first-order chi connectivity index (χ1) is 11.6. The number of aromatic nitrogens is 1. The van der Waals surface area contributed by atoms with Gasteiger partial charge in [-0.2, -0.15) is 0 Å². The van der Waals surface area contributed by atoms with E-state index in [1.807, 2.05) is 37.3 Å². The lowest BCUT2D eigenvalue weighted by atomic mass is 10.2. The number of amides is 2. The van der Waals surface area contributed by atoms with E-state index in [-0.39, 0.29) is 11.7 Å². The molecule has 128 valence electrons. The first-order valence-electron chi connectivity index (χ1n) is 7.73. The van der Waals surface area contributed by atoms with E-state index in [9.17, 15) is 9.59 Å². The third-order valence-corrected chi connectivity index (χ3v) is 4.17. The molecule has 0 aliphatic heterocycles. The molecule has 1 aromatic heterocycles. The molecule has 0 aliphatic rings. The maximum absolute atomic E-state index is 12.4. The van der Waals surface area contributed by atoms with Crippen molar-refractivity contribution in [2.75, 3.05) is 13.7 Å². The van der Waals surface area contributed by atoms with E-state index >= 15 is 0 Å². The molecule has 0 saturated carbocycles. The van der Waals surface area contributed by atoms with E-state index in [1.54, 1.807) is 10.3 Å². The van der Waals surface area contributed by atoms with Crippen molar-refractivity contribution < 1.29 is 14.3 Å². The van der Waals surface area contributed by atoms with Crippen LogP contribution < -0.4 is 5.32 Å². The van der Waals surface area contributed by atoms with E-state index in [0.717, 1.165) is 12.0 Å². The molecule has 0 fully saturated rings. The standard InChI is InChI=1S/C17H21N3O3S/c1-3-9-20(11-15-19-14(12-24-15)16(21)23-2)17(22)18-10-13-7-5-4-6-8-13/h4-8,12H,3,9-11H2,1-2H3,(H,18,22). The Hall–Kier alpha value is -2.41. The molecular formula is C17H21N3O3S. The summed E-state index contributed by atoms with van der Waals surface area (Å²) in [5.41, 5.74) is 1.32. The van der Waals surface area contributed by atoms with E-state index in [0.29, 0.717) is 24.6 Å². The molecule has 0 atom stereocenters. The largest absolute Gasteiger partial charge is 0.464 e. The molecule has 2 rings (SSSR count). The van der Waals surface area contributed by atoms with Crippen molar-refractivity contribution in [1.82, 2.24) is 15.2 Å². The van der Waals surface area contributed by atoms with Gasteiger partial charge in [0.05, 0.1) is 13.7 Å². The van der Waals surface area contributed by atoms with Gasteiger partial charge < -0.3 is 15.0 Å². The Labute approximate surface area is 145 Å². The third-order valence-electron chi connectivity index (χ3n) is 3.34. The highest BCUT2D eigenvalue weighted by Gasteiger charge is 2.17. The van der Waals surface area contributed by atoms with Crippen LogP contribution >= 0.6 is 11.3 Å². The number of carbonyl (C=O) groups is 2. The summed E-state index contributed by atoms with van der Waals surface area (Å²) < 4.78 is 4.65. The zero-order chi connectivity index (χ0) is 17.4. The topological polar surface area (TPSA) is 71.5 Å². The maximum atomic E-state index is 12.4. The quantitative estimate of drug-likeness (QED) is 0.782. The number of nitrogens with one attached hydrogen (secondary N) is 1. The van der Waals surface area contributed by atoms with Gasteiger partial charge >= 0.3 is 12.0 Å². The van der Waals surface area contributed by atoms with Crippen LogP contribution in [0.2, 0.25) is 0 Å². The summed E-state index contributed by atoms with van der Waals surface area (Å²) in [4.78, 5) is 29.8. The second-order valence-electron chi connectivity index (χ2n) is 5.18. The van der Waals surface area contributed by atoms with E-state index < -0.39 is 5.97 Å². The van der Waals surface area contributed by atoms with Crippen LogP contribution in [-0.4, -0.2) is 35.5 Å². The fourth-order valence-electron chi connectivity index (χ4n) is 2.15. The number of thiazole rings is 1. The molecule has 24 heavy (non-hydrogen) atoms. The van der Waals surface area contributed by atoms with Gasteiger partial charge in [0.15, 0.2) is 5.69 Å². The highest BCUT2D eigenvalue weighted by atomic mass is 32.1. The minimum atomic E-state index is -0.465. The van der Waals surface area contributed by atoms with Gasteiger partial charge in [0.1, 0.15) is 5.01 Å². The molecule has 0 spiro atoms. The van der Waals surface area contributed by atoms with Crippen LogP contribution in [-0.2, 0) is 17.8 Å². The summed E-state index contributed by atoms with van der Waals surface area (Å²) in [5.74, 6) is -0.465. The second-order valence-corrected chi connectivity index (χ2v) is 6.13. The molecule has 2 amide bonds. The van der Waals surface area contributed by atoms with Gasteiger partial charge in [0, 0.05) is 18.5 Å². The van der Waals surface area contributed by atoms with E-state index in [1.165, 1.54) is 18.4 Å². The SMILES string of the molecule is CCCN(Cc1nc(C(=O)OC)cs1)C(=O)NCc1ccccc1. The first kappa shape index (κ1) is 17.9. The summed E-state index contributed by atoms with van der Waals surface area (Å²) >= 11 is 1.35. The van der Waals surface area contributed by atoms with Crippen LogP contribution in [0.25, 0.3) is 0 Å². The minimum Gasteiger partial charge on any atom is -0.464 e. The Kier molecular flexibility index (Phi) is 6.74. The molecule has 6 nitrogen and oxygen atoms in total. The summed E-state index contributed by atoms with van der Waals surface area (Å²) in [6.45, 7) is 3.48. The number of hydrogen-bond donors (Lipinski definition) is 1. The summed E-state index contributed by atoms with van der Waals surface area (Å²) in [5, 5.41) is 5.27. The normalized spacial score (nSPS) is 10.2. The highest BCUT2D eigenvalue weighted by Crippen LogP contribution is 2.14. The van der Waals surface area contributed by atoms with Crippen molar-refractivity contribution in [3.8, 4) is 0 Å². The van der Waals surface area contributed by atoms with Crippen molar-refractivity contribution >= 4 is 23.3 Å². The van der Waals surface area contributed by atoms with Gasteiger partial charge in [-0.05, 0) is 12.0 Å². The number of rotatable bonds is 7. The van der Waals surface area contributed by atoms with Crippen molar-refractivity contribution in [3.05, 3.63) is 52.0 Å². The number of carbonyl (C=O) groups excluding carboxylic acids is 2. The van der Waals surface area contributed by atoms with Gasteiger partial charge in [-0.25, -0.2) is 14.6 Å². The minimum absolute atomic E-state index is 0.143. The predicted octanol–water partition coefficient (Wildman–Crippen LogP) is 3.05. The summed E-state index contributed by atoms with van der Waals surface area (Å²) in [6.07, 6.45) is 0.841. The van der Waals surface area contributed by atoms with Crippen molar-refractivity contribution in [2.45, 2.75) is 26.4 Å². The fraction of sp³-hybridized carbons (Fsp3) is 0.353. The van der Waals surface area contributed by atoms with Crippen molar-refractivity contribution in [3.63, 3.8) is 0 Å². The van der Waals surface area contributed by atoms with Crippen LogP contribution in [0.3, 0.4) is 0 Å². The van der Waals surface area contributed by atoms with Gasteiger partial charge in [0.2, 0.25) is 0 Å². The zero-order valence-electron chi connectivity index (χ0n) is 13.8. The van der Waals surface area contributed by atoms with E-state index in [4.69, 9.17) is 0 Å². The number of esters is 1. The third kappa shape index (κ3) is 5.06. The average molecular weight is 347 g/mol. The molecule has 7 heteroatoms. The molecule has 0 saturated heterocycles. The lowest BCUT2D eigenvalue weighted by Crippen LogP contribution is -2.39. The lowest BCUT2D eigenvalue weighted by Gasteiger charge is -2.21. The molecule has 0 bridgehead atoms. The molecule has 1 aromatic carbocycles. The number of benzene rings is 1. The summed E-state index contributed by atoms with van der Waals surface area (Å²) in [6, 6.07) is 9.61. The van der Waals surface area contributed by atoms with Crippen LogP contribution in [0.1, 0.15) is 34.4 Å². The van der Waals surface area contributed by atoms with Crippen LogP contribution in [0, 0.1) is 0 Å². The zero-order valence-corrected chi connectivity index (χ0v) is 14.6. The molecule has 0 radical (unpaired) electrons. The molecule has 0 aliphatic carbocycles. The molecule has 0 unspecified atom stereocenters. The molecule has 1 N–H and O–H groups in total.